The number of hydrogen-bond donors (Lipinski definition) is 0. The van der Waals surface area contributed by atoms with Crippen molar-refractivity contribution in [2.75, 3.05) is 13.7 Å². The van der Waals surface area contributed by atoms with Gasteiger partial charge in [0.2, 0.25) is 0 Å². The zero-order chi connectivity index (χ0) is 10.6. The number of ether oxygens (including phenoxy) is 3. The second kappa shape index (κ2) is 2.94. The zero-order valence-corrected chi connectivity index (χ0v) is 9.66. The predicted molar refractivity (Wildman–Crippen MR) is 53.0 cm³/mol. The van der Waals surface area contributed by atoms with Crippen LogP contribution in [0.4, 0.5) is 0 Å². The zero-order valence-electron chi connectivity index (χ0n) is 9.66. The van der Waals surface area contributed by atoms with Crippen LogP contribution in [0.5, 0.6) is 0 Å². The van der Waals surface area contributed by atoms with Crippen molar-refractivity contribution in [3.05, 3.63) is 0 Å². The summed E-state index contributed by atoms with van der Waals surface area (Å²) in [6.45, 7) is 9.19. The van der Waals surface area contributed by atoms with Crippen molar-refractivity contribution < 1.29 is 14.2 Å². The summed E-state index contributed by atoms with van der Waals surface area (Å²) in [5, 5.41) is 0. The molecule has 2 fully saturated rings. The van der Waals surface area contributed by atoms with Crippen LogP contribution in [-0.4, -0.2) is 31.2 Å². The summed E-state index contributed by atoms with van der Waals surface area (Å²) in [5.41, 5.74) is -0.348. The van der Waals surface area contributed by atoms with Crippen molar-refractivity contribution in [3.63, 3.8) is 0 Å². The molecule has 14 heavy (non-hydrogen) atoms. The molecule has 82 valence electrons. The van der Waals surface area contributed by atoms with Crippen LogP contribution in [0.15, 0.2) is 0 Å². The smallest absolute Gasteiger partial charge is 0.195 e. The fourth-order valence-corrected chi connectivity index (χ4v) is 2.73. The summed E-state index contributed by atoms with van der Waals surface area (Å²) in [6, 6.07) is 0. The molecule has 2 heterocycles. The van der Waals surface area contributed by atoms with Crippen molar-refractivity contribution in [1.82, 2.24) is 0 Å². The Morgan fingerprint density at radius 2 is 1.93 bits per heavy atom. The molecular formula is C11H20O3. The Morgan fingerprint density at radius 1 is 1.29 bits per heavy atom. The van der Waals surface area contributed by atoms with Gasteiger partial charge in [-0.3, -0.25) is 0 Å². The van der Waals surface area contributed by atoms with Crippen molar-refractivity contribution in [1.29, 1.82) is 0 Å². The van der Waals surface area contributed by atoms with Crippen LogP contribution < -0.4 is 0 Å². The monoisotopic (exact) mass is 200 g/mol. The van der Waals surface area contributed by atoms with E-state index in [1.54, 1.807) is 7.11 Å². The van der Waals surface area contributed by atoms with Crippen LogP contribution in [-0.2, 0) is 14.2 Å². The van der Waals surface area contributed by atoms with Gasteiger partial charge >= 0.3 is 0 Å². The molecule has 0 aliphatic carbocycles. The maximum Gasteiger partial charge on any atom is 0.195 e. The average Bonchev–Trinajstić information content (AvgIpc) is 2.55. The van der Waals surface area contributed by atoms with Crippen molar-refractivity contribution in [2.24, 2.45) is 11.8 Å². The van der Waals surface area contributed by atoms with Gasteiger partial charge in [0.05, 0.1) is 12.7 Å². The summed E-state index contributed by atoms with van der Waals surface area (Å²) in [4.78, 5) is 0. The molecule has 2 bridgehead atoms. The van der Waals surface area contributed by atoms with Gasteiger partial charge in [-0.05, 0) is 25.7 Å². The minimum Gasteiger partial charge on any atom is -0.373 e. The third-order valence-electron chi connectivity index (χ3n) is 4.47. The molecule has 0 N–H and O–H groups in total. The van der Waals surface area contributed by atoms with Crippen molar-refractivity contribution in [2.45, 2.75) is 45.2 Å². The van der Waals surface area contributed by atoms with Crippen molar-refractivity contribution in [3.8, 4) is 0 Å². The highest BCUT2D eigenvalue weighted by Gasteiger charge is 2.62. The average molecular weight is 200 g/mol. The third-order valence-corrected chi connectivity index (χ3v) is 4.47. The van der Waals surface area contributed by atoms with E-state index in [1.165, 1.54) is 0 Å². The van der Waals surface area contributed by atoms with Gasteiger partial charge < -0.3 is 14.2 Å². The second-order valence-corrected chi connectivity index (χ2v) is 4.87. The summed E-state index contributed by atoms with van der Waals surface area (Å²) in [7, 11) is 1.74. The Hall–Kier alpha value is -0.120. The first-order chi connectivity index (χ1) is 6.44. The summed E-state index contributed by atoms with van der Waals surface area (Å²) >= 11 is 0. The molecular weight excluding hydrogens is 180 g/mol. The molecule has 0 saturated carbocycles. The van der Waals surface area contributed by atoms with Crippen LogP contribution in [0.25, 0.3) is 0 Å². The van der Waals surface area contributed by atoms with Gasteiger partial charge in [0.1, 0.15) is 5.60 Å². The van der Waals surface area contributed by atoms with Crippen LogP contribution in [0.2, 0.25) is 0 Å². The van der Waals surface area contributed by atoms with E-state index < -0.39 is 5.79 Å². The van der Waals surface area contributed by atoms with E-state index in [0.717, 1.165) is 0 Å². The Morgan fingerprint density at radius 3 is 2.50 bits per heavy atom. The van der Waals surface area contributed by atoms with E-state index in [9.17, 15) is 0 Å². The highest BCUT2D eigenvalue weighted by Crippen LogP contribution is 2.50. The molecule has 3 nitrogen and oxygen atoms in total. The van der Waals surface area contributed by atoms with Gasteiger partial charge in [0.15, 0.2) is 5.79 Å². The molecule has 0 aromatic carbocycles. The number of hydrogen-bond acceptors (Lipinski definition) is 3. The maximum atomic E-state index is 5.93. The second-order valence-electron chi connectivity index (χ2n) is 4.87. The first-order valence-electron chi connectivity index (χ1n) is 5.31. The predicted octanol–water partition coefficient (Wildman–Crippen LogP) is 1.81. The van der Waals surface area contributed by atoms with E-state index in [-0.39, 0.29) is 11.7 Å². The first kappa shape index (κ1) is 10.4. The van der Waals surface area contributed by atoms with Gasteiger partial charge in [0.25, 0.3) is 0 Å². The SMILES string of the molecule is COC1(C)[C@H](C)[C@@H](C)C2CO[C@]1(C)O2. The van der Waals surface area contributed by atoms with Gasteiger partial charge in [-0.1, -0.05) is 13.8 Å². The molecule has 5 atom stereocenters. The molecule has 2 saturated heterocycles. The Kier molecular flexibility index (Phi) is 2.18. The molecule has 0 aromatic rings. The molecule has 0 radical (unpaired) electrons. The normalized spacial score (nSPS) is 57.6. The fourth-order valence-electron chi connectivity index (χ4n) is 2.73. The Labute approximate surface area is 85.7 Å². The van der Waals surface area contributed by atoms with E-state index in [1.807, 2.05) is 6.92 Å². The van der Waals surface area contributed by atoms with Crippen LogP contribution in [0, 0.1) is 11.8 Å². The topological polar surface area (TPSA) is 27.7 Å². The van der Waals surface area contributed by atoms with E-state index in [2.05, 4.69) is 20.8 Å². The largest absolute Gasteiger partial charge is 0.373 e. The lowest BCUT2D eigenvalue weighted by Crippen LogP contribution is -2.61. The quantitative estimate of drug-likeness (QED) is 0.646. The molecule has 0 aromatic heterocycles. The summed E-state index contributed by atoms with van der Waals surface area (Å²) < 4.78 is 17.3. The van der Waals surface area contributed by atoms with E-state index in [0.29, 0.717) is 18.4 Å². The molecule has 3 heteroatoms. The number of methoxy groups -OCH3 is 1. The number of rotatable bonds is 1. The molecule has 2 aliphatic rings. The Bertz CT molecular complexity index is 243. The first-order valence-corrected chi connectivity index (χ1v) is 5.31. The van der Waals surface area contributed by atoms with Gasteiger partial charge in [-0.25, -0.2) is 0 Å². The lowest BCUT2D eigenvalue weighted by Gasteiger charge is -2.50. The Balaban J connectivity index is 2.38. The maximum absolute atomic E-state index is 5.93. The molecule has 2 unspecified atom stereocenters. The fraction of sp³-hybridized carbons (Fsp3) is 1.00. The minimum absolute atomic E-state index is 0.234. The highest BCUT2D eigenvalue weighted by atomic mass is 16.8. The third kappa shape index (κ3) is 1.03. The lowest BCUT2D eigenvalue weighted by molar-refractivity contribution is -0.313. The molecule has 0 spiro atoms. The molecule has 2 rings (SSSR count). The molecule has 2 aliphatic heterocycles. The van der Waals surface area contributed by atoms with E-state index >= 15 is 0 Å². The van der Waals surface area contributed by atoms with Gasteiger partial charge in [-0.15, -0.1) is 0 Å². The summed E-state index contributed by atoms with van der Waals surface area (Å²) in [5.74, 6) is 0.354. The molecule has 0 amide bonds. The summed E-state index contributed by atoms with van der Waals surface area (Å²) in [6.07, 6.45) is 0.234. The van der Waals surface area contributed by atoms with Crippen molar-refractivity contribution >= 4 is 0 Å². The van der Waals surface area contributed by atoms with Crippen LogP contribution in [0.3, 0.4) is 0 Å². The van der Waals surface area contributed by atoms with Crippen LogP contribution >= 0.6 is 0 Å². The number of fused-ring (bicyclic) bond motifs is 2. The minimum atomic E-state index is -0.571. The van der Waals surface area contributed by atoms with Crippen LogP contribution in [0.1, 0.15) is 27.7 Å². The van der Waals surface area contributed by atoms with Gasteiger partial charge in [-0.2, -0.15) is 0 Å². The highest BCUT2D eigenvalue weighted by molar-refractivity contribution is 5.04. The van der Waals surface area contributed by atoms with Gasteiger partial charge in [0, 0.05) is 7.11 Å². The standard InChI is InChI=1S/C11H20O3/c1-7-8(2)10(3,12-5)11(4)13-6-9(7)14-11/h7-9H,6H2,1-5H3/t7-,8-,9?,10?,11-/m1/s1. The lowest BCUT2D eigenvalue weighted by atomic mass is 9.73. The van der Waals surface area contributed by atoms with E-state index in [4.69, 9.17) is 14.2 Å².